The third-order valence-electron chi connectivity index (χ3n) is 6.83. The highest BCUT2D eigenvalue weighted by molar-refractivity contribution is 5.17. The lowest BCUT2D eigenvalue weighted by Gasteiger charge is -2.59. The standard InChI is InChI=1S/C20H36O2/c1-15(10-14-21)7-8-17-19(4)12-6-11-18(2,3)16(19)9-13-20(17,5)22/h6,12,15-17,21-22H,7-11,13-14H2,1-5H3/t15-,16-,17+,19-,20+/m0/s1. The third-order valence-corrected chi connectivity index (χ3v) is 6.83. The van der Waals surface area contributed by atoms with Gasteiger partial charge in [0.25, 0.3) is 0 Å². The summed E-state index contributed by atoms with van der Waals surface area (Å²) in [5.41, 5.74) is -0.140. The second-order valence-corrected chi connectivity index (χ2v) is 9.16. The van der Waals surface area contributed by atoms with Crippen molar-refractivity contribution < 1.29 is 10.2 Å². The van der Waals surface area contributed by atoms with Crippen LogP contribution >= 0.6 is 0 Å². The number of hydrogen-bond acceptors (Lipinski definition) is 2. The Morgan fingerprint density at radius 3 is 2.50 bits per heavy atom. The lowest BCUT2D eigenvalue weighted by Crippen LogP contribution is -2.56. The molecule has 2 nitrogen and oxygen atoms in total. The molecule has 5 atom stereocenters. The van der Waals surface area contributed by atoms with E-state index >= 15 is 0 Å². The van der Waals surface area contributed by atoms with Crippen LogP contribution < -0.4 is 0 Å². The molecule has 2 rings (SSSR count). The van der Waals surface area contributed by atoms with Crippen LogP contribution in [-0.2, 0) is 0 Å². The van der Waals surface area contributed by atoms with Gasteiger partial charge in [0, 0.05) is 6.61 Å². The Kier molecular flexibility index (Phi) is 5.14. The topological polar surface area (TPSA) is 40.5 Å². The molecule has 2 aliphatic rings. The van der Waals surface area contributed by atoms with Gasteiger partial charge in [-0.3, -0.25) is 0 Å². The van der Waals surface area contributed by atoms with Gasteiger partial charge in [0.05, 0.1) is 5.60 Å². The Bertz CT molecular complexity index is 410. The normalized spacial score (nSPS) is 42.0. The van der Waals surface area contributed by atoms with E-state index in [2.05, 4.69) is 39.8 Å². The number of hydrogen-bond donors (Lipinski definition) is 2. The Labute approximate surface area is 137 Å². The molecule has 2 N–H and O–H groups in total. The molecule has 0 radical (unpaired) electrons. The van der Waals surface area contributed by atoms with Crippen molar-refractivity contribution in [3.8, 4) is 0 Å². The van der Waals surface area contributed by atoms with Gasteiger partial charge >= 0.3 is 0 Å². The molecule has 0 saturated heterocycles. The van der Waals surface area contributed by atoms with Crippen LogP contribution in [-0.4, -0.2) is 22.4 Å². The van der Waals surface area contributed by atoms with Crippen LogP contribution in [0.1, 0.15) is 73.1 Å². The summed E-state index contributed by atoms with van der Waals surface area (Å²) in [5.74, 6) is 1.50. The summed E-state index contributed by atoms with van der Waals surface area (Å²) in [7, 11) is 0. The molecule has 1 fully saturated rings. The van der Waals surface area contributed by atoms with Crippen molar-refractivity contribution in [1.82, 2.24) is 0 Å². The second-order valence-electron chi connectivity index (χ2n) is 9.16. The minimum absolute atomic E-state index is 0.0996. The summed E-state index contributed by atoms with van der Waals surface area (Å²) in [6, 6.07) is 0. The zero-order valence-corrected chi connectivity index (χ0v) is 15.2. The first-order valence-corrected chi connectivity index (χ1v) is 9.14. The smallest absolute Gasteiger partial charge is 0.0656 e. The first kappa shape index (κ1) is 18.0. The molecule has 0 heterocycles. The van der Waals surface area contributed by atoms with Gasteiger partial charge in [0.2, 0.25) is 0 Å². The largest absolute Gasteiger partial charge is 0.396 e. The number of fused-ring (bicyclic) bond motifs is 1. The first-order chi connectivity index (χ1) is 10.1. The molecule has 0 spiro atoms. The van der Waals surface area contributed by atoms with E-state index in [1.54, 1.807) is 0 Å². The van der Waals surface area contributed by atoms with Crippen LogP contribution in [0.4, 0.5) is 0 Å². The third kappa shape index (κ3) is 3.28. The number of rotatable bonds is 5. The zero-order valence-electron chi connectivity index (χ0n) is 15.2. The van der Waals surface area contributed by atoms with Gasteiger partial charge in [-0.1, -0.05) is 46.3 Å². The summed E-state index contributed by atoms with van der Waals surface area (Å²) in [5, 5.41) is 20.2. The van der Waals surface area contributed by atoms with Crippen molar-refractivity contribution >= 4 is 0 Å². The second kappa shape index (κ2) is 6.28. The lowest BCUT2D eigenvalue weighted by molar-refractivity contribution is -0.135. The van der Waals surface area contributed by atoms with E-state index in [1.807, 2.05) is 6.92 Å². The molecule has 22 heavy (non-hydrogen) atoms. The molecule has 0 bridgehead atoms. The molecule has 0 aromatic heterocycles. The fourth-order valence-corrected chi connectivity index (χ4v) is 5.50. The first-order valence-electron chi connectivity index (χ1n) is 9.14. The quantitative estimate of drug-likeness (QED) is 0.731. The van der Waals surface area contributed by atoms with Crippen LogP contribution in [0.5, 0.6) is 0 Å². The van der Waals surface area contributed by atoms with Crippen LogP contribution in [0.15, 0.2) is 12.2 Å². The molecular weight excluding hydrogens is 272 g/mol. The number of allylic oxidation sites excluding steroid dienone is 2. The molecule has 0 aromatic rings. The van der Waals surface area contributed by atoms with Gasteiger partial charge in [-0.2, -0.15) is 0 Å². The van der Waals surface area contributed by atoms with Crippen LogP contribution in [0.2, 0.25) is 0 Å². The van der Waals surface area contributed by atoms with Crippen molar-refractivity contribution in [3.05, 3.63) is 12.2 Å². The SMILES string of the molecule is C[C@H](CCO)CC[C@@H]1[C@@]2(C)C=CCC(C)(C)[C@@H]2CC[C@@]1(C)O. The minimum Gasteiger partial charge on any atom is -0.396 e. The van der Waals surface area contributed by atoms with E-state index in [0.29, 0.717) is 23.2 Å². The van der Waals surface area contributed by atoms with Gasteiger partial charge in [0.15, 0.2) is 0 Å². The summed E-state index contributed by atoms with van der Waals surface area (Å²) in [4.78, 5) is 0. The predicted molar refractivity (Wildman–Crippen MR) is 92.6 cm³/mol. The van der Waals surface area contributed by atoms with E-state index in [-0.39, 0.29) is 12.0 Å². The Hall–Kier alpha value is -0.340. The van der Waals surface area contributed by atoms with E-state index < -0.39 is 5.60 Å². The van der Waals surface area contributed by atoms with Gasteiger partial charge in [-0.05, 0) is 67.6 Å². The lowest BCUT2D eigenvalue weighted by atomic mass is 9.47. The van der Waals surface area contributed by atoms with Crippen molar-refractivity contribution in [2.24, 2.45) is 28.6 Å². The summed E-state index contributed by atoms with van der Waals surface area (Å²) in [6.07, 6.45) is 11.0. The molecule has 2 heteroatoms. The predicted octanol–water partition coefficient (Wildman–Crippen LogP) is 4.55. The van der Waals surface area contributed by atoms with Crippen molar-refractivity contribution in [3.63, 3.8) is 0 Å². The molecular formula is C20H36O2. The fraction of sp³-hybridized carbons (Fsp3) is 0.900. The molecule has 0 aliphatic heterocycles. The van der Waals surface area contributed by atoms with E-state index in [9.17, 15) is 5.11 Å². The number of aliphatic hydroxyl groups excluding tert-OH is 1. The molecule has 1 saturated carbocycles. The van der Waals surface area contributed by atoms with Crippen LogP contribution in [0, 0.1) is 28.6 Å². The highest BCUT2D eigenvalue weighted by atomic mass is 16.3. The van der Waals surface area contributed by atoms with Crippen LogP contribution in [0.3, 0.4) is 0 Å². The van der Waals surface area contributed by atoms with E-state index in [1.165, 1.54) is 0 Å². The van der Waals surface area contributed by atoms with Crippen molar-refractivity contribution in [2.45, 2.75) is 78.7 Å². The Balaban J connectivity index is 2.23. The summed E-state index contributed by atoms with van der Waals surface area (Å²) in [6.45, 7) is 11.7. The van der Waals surface area contributed by atoms with Gasteiger partial charge in [-0.25, -0.2) is 0 Å². The fourth-order valence-electron chi connectivity index (χ4n) is 5.50. The van der Waals surface area contributed by atoms with Gasteiger partial charge in [0.1, 0.15) is 0 Å². The highest BCUT2D eigenvalue weighted by Crippen LogP contribution is 2.60. The van der Waals surface area contributed by atoms with Crippen molar-refractivity contribution in [2.75, 3.05) is 6.61 Å². The Morgan fingerprint density at radius 1 is 1.18 bits per heavy atom. The molecule has 0 unspecified atom stereocenters. The monoisotopic (exact) mass is 308 g/mol. The van der Waals surface area contributed by atoms with Crippen molar-refractivity contribution in [1.29, 1.82) is 0 Å². The summed E-state index contributed by atoms with van der Waals surface area (Å²) >= 11 is 0. The minimum atomic E-state index is -0.568. The average molecular weight is 309 g/mol. The maximum atomic E-state index is 11.1. The van der Waals surface area contributed by atoms with Crippen LogP contribution in [0.25, 0.3) is 0 Å². The molecule has 0 aromatic carbocycles. The molecule has 128 valence electrons. The molecule has 0 amide bonds. The van der Waals surface area contributed by atoms with E-state index in [0.717, 1.165) is 38.5 Å². The zero-order chi connectivity index (χ0) is 16.6. The number of aliphatic hydroxyl groups is 2. The van der Waals surface area contributed by atoms with E-state index in [4.69, 9.17) is 5.11 Å². The highest BCUT2D eigenvalue weighted by Gasteiger charge is 2.56. The molecule has 2 aliphatic carbocycles. The maximum absolute atomic E-state index is 11.1. The average Bonchev–Trinajstić information content (AvgIpc) is 2.36. The van der Waals surface area contributed by atoms with Gasteiger partial charge < -0.3 is 10.2 Å². The summed E-state index contributed by atoms with van der Waals surface area (Å²) < 4.78 is 0. The Morgan fingerprint density at radius 2 is 1.86 bits per heavy atom. The maximum Gasteiger partial charge on any atom is 0.0656 e. The van der Waals surface area contributed by atoms with Gasteiger partial charge in [-0.15, -0.1) is 0 Å².